The minimum atomic E-state index is -4.80. The van der Waals surface area contributed by atoms with E-state index < -0.39 is 35.0 Å². The molecule has 0 spiro atoms. The van der Waals surface area contributed by atoms with Crippen LogP contribution in [-0.2, 0) is 10.9 Å². The van der Waals surface area contributed by atoms with Crippen molar-refractivity contribution in [3.8, 4) is 22.6 Å². The van der Waals surface area contributed by atoms with Gasteiger partial charge in [-0.2, -0.15) is 18.3 Å². The third-order valence-electron chi connectivity index (χ3n) is 5.83. The number of ether oxygens (including phenoxy) is 1. The first-order valence-electron chi connectivity index (χ1n) is 10.4. The lowest BCUT2D eigenvalue weighted by Crippen LogP contribution is -2.43. The van der Waals surface area contributed by atoms with Crippen molar-refractivity contribution in [2.45, 2.75) is 56.5 Å². The minimum absolute atomic E-state index is 0.00583. The molecule has 33 heavy (non-hydrogen) atoms. The number of hydrogen-bond acceptors (Lipinski definition) is 6. The van der Waals surface area contributed by atoms with Crippen molar-refractivity contribution in [2.75, 3.05) is 0 Å². The van der Waals surface area contributed by atoms with Gasteiger partial charge in [0.05, 0.1) is 28.4 Å². The number of nitrogens with zero attached hydrogens (tertiary/aromatic N) is 3. The van der Waals surface area contributed by atoms with Gasteiger partial charge in [-0.3, -0.25) is 4.68 Å². The number of rotatable bonds is 5. The highest BCUT2D eigenvalue weighted by molar-refractivity contribution is 6.33. The first-order chi connectivity index (χ1) is 15.5. The molecule has 0 amide bonds. The molecule has 5 rings (SSSR count). The summed E-state index contributed by atoms with van der Waals surface area (Å²) in [6.07, 6.45) is -2.49. The molecule has 174 valence electrons. The van der Waals surface area contributed by atoms with E-state index in [1.807, 2.05) is 0 Å². The highest BCUT2D eigenvalue weighted by Crippen LogP contribution is 2.47. The van der Waals surface area contributed by atoms with Crippen LogP contribution in [0.2, 0.25) is 5.02 Å². The van der Waals surface area contributed by atoms with Crippen LogP contribution < -0.4 is 0 Å². The highest BCUT2D eigenvalue weighted by atomic mass is 35.5. The average Bonchev–Trinajstić information content (AvgIpc) is 3.24. The summed E-state index contributed by atoms with van der Waals surface area (Å²) in [6, 6.07) is 5.85. The van der Waals surface area contributed by atoms with Crippen molar-refractivity contribution in [3.05, 3.63) is 46.7 Å². The number of halogens is 4. The summed E-state index contributed by atoms with van der Waals surface area (Å²) in [6.45, 7) is 1.56. The Kier molecular flexibility index (Phi) is 5.06. The maximum atomic E-state index is 14.2. The normalized spacial score (nSPS) is 22.8. The Morgan fingerprint density at radius 2 is 1.97 bits per heavy atom. The van der Waals surface area contributed by atoms with Gasteiger partial charge in [0.1, 0.15) is 17.4 Å². The van der Waals surface area contributed by atoms with Crippen molar-refractivity contribution >= 4 is 17.6 Å². The van der Waals surface area contributed by atoms with E-state index in [-0.39, 0.29) is 41.0 Å². The molecule has 2 aliphatic rings. The van der Waals surface area contributed by atoms with Crippen LogP contribution in [0.1, 0.15) is 54.7 Å². The van der Waals surface area contributed by atoms with Gasteiger partial charge in [-0.15, -0.1) is 0 Å². The van der Waals surface area contributed by atoms with Crippen LogP contribution in [0.15, 0.2) is 35.0 Å². The van der Waals surface area contributed by atoms with E-state index in [0.717, 1.165) is 10.9 Å². The van der Waals surface area contributed by atoms with Crippen molar-refractivity contribution in [1.82, 2.24) is 14.9 Å². The largest absolute Gasteiger partial charge is 0.459 e. The number of hydrogen-bond donors (Lipinski definition) is 1. The Morgan fingerprint density at radius 1 is 1.27 bits per heavy atom. The summed E-state index contributed by atoms with van der Waals surface area (Å²) in [5.41, 5.74) is -2.47. The maximum absolute atomic E-state index is 14.2. The molecule has 2 fully saturated rings. The third kappa shape index (κ3) is 4.02. The predicted molar refractivity (Wildman–Crippen MR) is 111 cm³/mol. The van der Waals surface area contributed by atoms with E-state index in [2.05, 4.69) is 10.3 Å². The summed E-state index contributed by atoms with van der Waals surface area (Å²) in [7, 11) is 0. The van der Waals surface area contributed by atoms with Gasteiger partial charge in [0.25, 0.3) is 0 Å². The average molecular weight is 482 g/mol. The molecule has 1 aromatic carbocycles. The fraction of sp³-hybridized carbons (Fsp3) is 0.409. The number of esters is 1. The van der Waals surface area contributed by atoms with Gasteiger partial charge in [0.15, 0.2) is 11.5 Å². The molecule has 2 saturated carbocycles. The molecule has 3 aromatic rings. The maximum Gasteiger partial charge on any atom is 0.433 e. The number of carbonyl (C=O) groups excluding carboxylic acids is 1. The topological polar surface area (TPSA) is 90.4 Å². The Bertz CT molecular complexity index is 1220. The van der Waals surface area contributed by atoms with E-state index in [0.29, 0.717) is 18.4 Å². The smallest absolute Gasteiger partial charge is 0.433 e. The molecule has 2 aromatic heterocycles. The van der Waals surface area contributed by atoms with Crippen molar-refractivity contribution in [2.24, 2.45) is 0 Å². The zero-order chi connectivity index (χ0) is 23.5. The zero-order valence-corrected chi connectivity index (χ0v) is 18.2. The van der Waals surface area contributed by atoms with Crippen LogP contribution in [-0.4, -0.2) is 37.7 Å². The Morgan fingerprint density at radius 3 is 2.58 bits per heavy atom. The van der Waals surface area contributed by atoms with Gasteiger partial charge in [-0.25, -0.2) is 4.79 Å². The molecule has 0 unspecified atom stereocenters. The molecular weight excluding hydrogens is 463 g/mol. The molecule has 11 heteroatoms. The third-order valence-corrected chi connectivity index (χ3v) is 6.16. The van der Waals surface area contributed by atoms with Gasteiger partial charge < -0.3 is 14.4 Å². The van der Waals surface area contributed by atoms with Crippen LogP contribution in [0.5, 0.6) is 0 Å². The molecular formula is C22H19ClF3N3O4. The van der Waals surface area contributed by atoms with Crippen molar-refractivity contribution in [1.29, 1.82) is 0 Å². The molecule has 0 saturated heterocycles. The molecule has 0 radical (unpaired) electrons. The summed E-state index contributed by atoms with van der Waals surface area (Å²) in [5.74, 6) is -1.23. The van der Waals surface area contributed by atoms with Gasteiger partial charge in [-0.05, 0) is 38.7 Å². The first kappa shape index (κ1) is 22.0. The van der Waals surface area contributed by atoms with Gasteiger partial charge in [0.2, 0.25) is 0 Å². The summed E-state index contributed by atoms with van der Waals surface area (Å²) < 4.78 is 54.0. The molecule has 1 N–H and O–H groups in total. The lowest BCUT2D eigenvalue weighted by molar-refractivity contribution is -0.148. The first-order valence-corrected chi connectivity index (χ1v) is 10.8. The fourth-order valence-electron chi connectivity index (χ4n) is 4.11. The lowest BCUT2D eigenvalue weighted by Gasteiger charge is -2.41. The Balaban J connectivity index is 1.66. The summed E-state index contributed by atoms with van der Waals surface area (Å²) in [5, 5.41) is 18.1. The second-order valence-electron chi connectivity index (χ2n) is 8.73. The molecule has 0 bridgehead atoms. The predicted octanol–water partition coefficient (Wildman–Crippen LogP) is 5.28. The van der Waals surface area contributed by atoms with Gasteiger partial charge >= 0.3 is 12.1 Å². The van der Waals surface area contributed by atoms with Gasteiger partial charge in [0, 0.05) is 5.56 Å². The molecule has 2 heterocycles. The van der Waals surface area contributed by atoms with Crippen LogP contribution >= 0.6 is 11.6 Å². The minimum Gasteiger partial charge on any atom is -0.459 e. The number of aromatic nitrogens is 3. The molecule has 7 nitrogen and oxygen atoms in total. The SMILES string of the molecule is C[C@]1(O)C[C@@H](n2ncc(-c3onc(-c4ccccc4Cl)c3C(=O)OC3CC3)c2C(F)(F)F)C1. The number of benzene rings is 1. The van der Waals surface area contributed by atoms with Crippen LogP contribution in [0.3, 0.4) is 0 Å². The van der Waals surface area contributed by atoms with Crippen LogP contribution in [0, 0.1) is 0 Å². The standard InChI is InChI=1S/C22H19ClF3N3O4/c1-21(31)8-11(9-21)29-19(22(24,25)26)14(10-27-29)18-16(20(30)32-12-6-7-12)17(28-33-18)13-4-2-3-5-15(13)23/h2-5,10-12,31H,6-9H2,1H3/t11-,21+. The Labute approximate surface area is 191 Å². The van der Waals surface area contributed by atoms with Crippen molar-refractivity contribution < 1.29 is 32.3 Å². The second-order valence-corrected chi connectivity index (χ2v) is 9.14. The number of aliphatic hydroxyl groups is 1. The number of alkyl halides is 3. The van der Waals surface area contributed by atoms with E-state index in [1.54, 1.807) is 31.2 Å². The van der Waals surface area contributed by atoms with E-state index in [1.165, 1.54) is 0 Å². The lowest BCUT2D eigenvalue weighted by atomic mass is 9.77. The molecule has 0 atom stereocenters. The summed E-state index contributed by atoms with van der Waals surface area (Å²) >= 11 is 6.26. The van der Waals surface area contributed by atoms with E-state index in [4.69, 9.17) is 20.9 Å². The highest BCUT2D eigenvalue weighted by Gasteiger charge is 2.47. The van der Waals surface area contributed by atoms with E-state index >= 15 is 0 Å². The van der Waals surface area contributed by atoms with E-state index in [9.17, 15) is 23.1 Å². The van der Waals surface area contributed by atoms with Crippen LogP contribution in [0.4, 0.5) is 13.2 Å². The van der Waals surface area contributed by atoms with Crippen LogP contribution in [0.25, 0.3) is 22.6 Å². The Hall–Kier alpha value is -2.85. The monoisotopic (exact) mass is 481 g/mol. The second kappa shape index (κ2) is 7.59. The summed E-state index contributed by atoms with van der Waals surface area (Å²) in [4.78, 5) is 13.0. The molecule has 2 aliphatic carbocycles. The number of carbonyl (C=O) groups is 1. The van der Waals surface area contributed by atoms with Crippen molar-refractivity contribution in [3.63, 3.8) is 0 Å². The fourth-order valence-corrected chi connectivity index (χ4v) is 4.34. The quantitative estimate of drug-likeness (QED) is 0.498. The van der Waals surface area contributed by atoms with Gasteiger partial charge in [-0.1, -0.05) is 35.0 Å². The zero-order valence-electron chi connectivity index (χ0n) is 17.4. The molecule has 0 aliphatic heterocycles.